The lowest BCUT2D eigenvalue weighted by Crippen LogP contribution is -2.24. The van der Waals surface area contributed by atoms with E-state index in [2.05, 4.69) is 42.3 Å². The van der Waals surface area contributed by atoms with Crippen molar-refractivity contribution in [1.82, 2.24) is 10.3 Å². The van der Waals surface area contributed by atoms with Crippen LogP contribution in [0, 0.1) is 13.8 Å². The van der Waals surface area contributed by atoms with E-state index in [9.17, 15) is 4.79 Å². The molecular weight excluding hydrogens is 268 g/mol. The highest BCUT2D eigenvalue weighted by atomic mass is 32.2. The van der Waals surface area contributed by atoms with E-state index >= 15 is 0 Å². The van der Waals surface area contributed by atoms with Gasteiger partial charge in [0.2, 0.25) is 5.91 Å². The normalized spacial score (nSPS) is 10.3. The molecular formula is C16H18N2OS. The molecule has 0 aliphatic rings. The van der Waals surface area contributed by atoms with Crippen LogP contribution in [0.25, 0.3) is 0 Å². The second-order valence-electron chi connectivity index (χ2n) is 4.70. The zero-order valence-electron chi connectivity index (χ0n) is 11.7. The fraction of sp³-hybridized carbons (Fsp3) is 0.250. The molecule has 104 valence electrons. The Balaban J connectivity index is 1.82. The minimum Gasteiger partial charge on any atom is -0.351 e. The first kappa shape index (κ1) is 14.6. The summed E-state index contributed by atoms with van der Waals surface area (Å²) in [6.45, 7) is 4.65. The van der Waals surface area contributed by atoms with Crippen LogP contribution in [0.2, 0.25) is 0 Å². The largest absolute Gasteiger partial charge is 0.351 e. The fourth-order valence-corrected chi connectivity index (χ4v) is 2.71. The van der Waals surface area contributed by atoms with Crippen LogP contribution < -0.4 is 5.32 Å². The molecule has 0 unspecified atom stereocenters. The summed E-state index contributed by atoms with van der Waals surface area (Å²) in [5.74, 6) is 0.477. The van der Waals surface area contributed by atoms with Crippen molar-refractivity contribution in [3.63, 3.8) is 0 Å². The number of carbonyl (C=O) groups is 1. The summed E-state index contributed by atoms with van der Waals surface area (Å²) >= 11 is 1.58. The van der Waals surface area contributed by atoms with Crippen molar-refractivity contribution in [3.05, 3.63) is 59.4 Å². The molecule has 0 spiro atoms. The van der Waals surface area contributed by atoms with Crippen LogP contribution in [-0.2, 0) is 11.3 Å². The molecule has 2 aromatic rings. The van der Waals surface area contributed by atoms with Gasteiger partial charge in [0.15, 0.2) is 0 Å². The van der Waals surface area contributed by atoms with E-state index in [0.717, 1.165) is 5.56 Å². The number of hydrogen-bond donors (Lipinski definition) is 1. The third kappa shape index (κ3) is 4.38. The van der Waals surface area contributed by atoms with Crippen LogP contribution in [-0.4, -0.2) is 16.6 Å². The van der Waals surface area contributed by atoms with Gasteiger partial charge in [0.25, 0.3) is 0 Å². The highest BCUT2D eigenvalue weighted by Crippen LogP contribution is 2.23. The second kappa shape index (κ2) is 7.10. The number of aromatic nitrogens is 1. The van der Waals surface area contributed by atoms with E-state index in [1.165, 1.54) is 16.0 Å². The van der Waals surface area contributed by atoms with Gasteiger partial charge in [0.05, 0.1) is 5.75 Å². The standard InChI is InChI=1S/C16H18N2OS/c1-12-5-6-13(2)15(8-12)20-11-16(19)18-10-14-4-3-7-17-9-14/h3-9H,10-11H2,1-2H3,(H,18,19). The van der Waals surface area contributed by atoms with Crippen molar-refractivity contribution in [2.45, 2.75) is 25.3 Å². The summed E-state index contributed by atoms with van der Waals surface area (Å²) in [4.78, 5) is 17.0. The van der Waals surface area contributed by atoms with Crippen LogP contribution in [0.4, 0.5) is 0 Å². The van der Waals surface area contributed by atoms with Gasteiger partial charge >= 0.3 is 0 Å². The Morgan fingerprint density at radius 1 is 1.30 bits per heavy atom. The molecule has 1 aromatic carbocycles. The SMILES string of the molecule is Cc1ccc(C)c(SCC(=O)NCc2cccnc2)c1. The lowest BCUT2D eigenvalue weighted by Gasteiger charge is -2.07. The van der Waals surface area contributed by atoms with Crippen LogP contribution in [0.3, 0.4) is 0 Å². The molecule has 0 atom stereocenters. The molecule has 0 aliphatic heterocycles. The molecule has 3 nitrogen and oxygen atoms in total. The minimum absolute atomic E-state index is 0.0414. The Labute approximate surface area is 123 Å². The summed E-state index contributed by atoms with van der Waals surface area (Å²) in [5.41, 5.74) is 3.44. The van der Waals surface area contributed by atoms with E-state index in [1.54, 1.807) is 24.2 Å². The fourth-order valence-electron chi connectivity index (χ4n) is 1.76. The number of rotatable bonds is 5. The van der Waals surface area contributed by atoms with Crippen molar-refractivity contribution >= 4 is 17.7 Å². The van der Waals surface area contributed by atoms with Gasteiger partial charge < -0.3 is 5.32 Å². The average Bonchev–Trinajstić information content (AvgIpc) is 2.47. The molecule has 1 heterocycles. The summed E-state index contributed by atoms with van der Waals surface area (Å²) in [7, 11) is 0. The third-order valence-corrected chi connectivity index (χ3v) is 4.07. The molecule has 0 saturated carbocycles. The lowest BCUT2D eigenvalue weighted by molar-refractivity contribution is -0.118. The van der Waals surface area contributed by atoms with E-state index < -0.39 is 0 Å². The van der Waals surface area contributed by atoms with Crippen molar-refractivity contribution in [2.24, 2.45) is 0 Å². The van der Waals surface area contributed by atoms with E-state index in [0.29, 0.717) is 12.3 Å². The third-order valence-electron chi connectivity index (χ3n) is 2.91. The molecule has 0 aliphatic carbocycles. The number of pyridine rings is 1. The Morgan fingerprint density at radius 2 is 2.15 bits per heavy atom. The summed E-state index contributed by atoms with van der Waals surface area (Å²) in [6, 6.07) is 10.1. The number of hydrogen-bond acceptors (Lipinski definition) is 3. The maximum Gasteiger partial charge on any atom is 0.230 e. The molecule has 4 heteroatoms. The summed E-state index contributed by atoms with van der Waals surface area (Å²) < 4.78 is 0. The van der Waals surface area contributed by atoms with Crippen LogP contribution >= 0.6 is 11.8 Å². The topological polar surface area (TPSA) is 42.0 Å². The zero-order valence-corrected chi connectivity index (χ0v) is 12.5. The van der Waals surface area contributed by atoms with Gasteiger partial charge in [-0.2, -0.15) is 0 Å². The van der Waals surface area contributed by atoms with Crippen molar-refractivity contribution in [2.75, 3.05) is 5.75 Å². The quantitative estimate of drug-likeness (QED) is 0.859. The highest BCUT2D eigenvalue weighted by molar-refractivity contribution is 8.00. The van der Waals surface area contributed by atoms with Crippen molar-refractivity contribution in [1.29, 1.82) is 0 Å². The smallest absolute Gasteiger partial charge is 0.230 e. The van der Waals surface area contributed by atoms with Crippen LogP contribution in [0.1, 0.15) is 16.7 Å². The number of thioether (sulfide) groups is 1. The molecule has 0 bridgehead atoms. The maximum absolute atomic E-state index is 11.8. The predicted molar refractivity (Wildman–Crippen MR) is 82.7 cm³/mol. The molecule has 1 amide bonds. The van der Waals surface area contributed by atoms with Crippen molar-refractivity contribution < 1.29 is 4.79 Å². The van der Waals surface area contributed by atoms with Gasteiger partial charge in [-0.1, -0.05) is 23.8 Å². The van der Waals surface area contributed by atoms with Gasteiger partial charge in [-0.15, -0.1) is 11.8 Å². The molecule has 1 N–H and O–H groups in total. The van der Waals surface area contributed by atoms with Crippen molar-refractivity contribution in [3.8, 4) is 0 Å². The Kier molecular flexibility index (Phi) is 5.18. The first-order chi connectivity index (χ1) is 9.65. The average molecular weight is 286 g/mol. The van der Waals surface area contributed by atoms with Gasteiger partial charge in [-0.05, 0) is 37.1 Å². The Bertz CT molecular complexity index is 584. The molecule has 0 radical (unpaired) electrons. The highest BCUT2D eigenvalue weighted by Gasteiger charge is 2.05. The van der Waals surface area contributed by atoms with Gasteiger partial charge in [-0.25, -0.2) is 0 Å². The molecule has 0 fully saturated rings. The molecule has 20 heavy (non-hydrogen) atoms. The Hall–Kier alpha value is -1.81. The van der Waals surface area contributed by atoms with E-state index in [1.807, 2.05) is 12.1 Å². The summed E-state index contributed by atoms with van der Waals surface area (Å²) in [5, 5.41) is 2.90. The van der Waals surface area contributed by atoms with Crippen LogP contribution in [0.5, 0.6) is 0 Å². The zero-order chi connectivity index (χ0) is 14.4. The lowest BCUT2D eigenvalue weighted by atomic mass is 10.2. The maximum atomic E-state index is 11.8. The van der Waals surface area contributed by atoms with Gasteiger partial charge in [0, 0.05) is 23.8 Å². The number of aryl methyl sites for hydroxylation is 2. The second-order valence-corrected chi connectivity index (χ2v) is 5.71. The number of amides is 1. The number of carbonyl (C=O) groups excluding carboxylic acids is 1. The minimum atomic E-state index is 0.0414. The Morgan fingerprint density at radius 3 is 2.90 bits per heavy atom. The molecule has 1 aromatic heterocycles. The monoisotopic (exact) mass is 286 g/mol. The summed E-state index contributed by atoms with van der Waals surface area (Å²) in [6.07, 6.45) is 3.49. The molecule has 2 rings (SSSR count). The first-order valence-corrected chi connectivity index (χ1v) is 7.49. The molecule has 0 saturated heterocycles. The number of nitrogens with one attached hydrogen (secondary N) is 1. The van der Waals surface area contributed by atoms with E-state index in [-0.39, 0.29) is 5.91 Å². The first-order valence-electron chi connectivity index (χ1n) is 6.51. The number of benzene rings is 1. The van der Waals surface area contributed by atoms with Crippen LogP contribution in [0.15, 0.2) is 47.6 Å². The predicted octanol–water partition coefficient (Wildman–Crippen LogP) is 3.11. The van der Waals surface area contributed by atoms with E-state index in [4.69, 9.17) is 0 Å². The van der Waals surface area contributed by atoms with Gasteiger partial charge in [-0.3, -0.25) is 9.78 Å². The number of nitrogens with zero attached hydrogens (tertiary/aromatic N) is 1. The van der Waals surface area contributed by atoms with Gasteiger partial charge in [0.1, 0.15) is 0 Å².